The van der Waals surface area contributed by atoms with Crippen LogP contribution in [-0.2, 0) is 6.42 Å². The van der Waals surface area contributed by atoms with E-state index >= 15 is 0 Å². The van der Waals surface area contributed by atoms with Crippen LogP contribution in [0.3, 0.4) is 0 Å². The van der Waals surface area contributed by atoms with Crippen molar-refractivity contribution in [3.05, 3.63) is 125 Å². The van der Waals surface area contributed by atoms with E-state index in [4.69, 9.17) is 0 Å². The fourth-order valence-electron chi connectivity index (χ4n) is 4.29. The van der Waals surface area contributed by atoms with Gasteiger partial charge < -0.3 is 5.11 Å². The minimum Gasteiger partial charge on any atom is -0.507 e. The minimum absolute atomic E-state index is 0.0152. The van der Waals surface area contributed by atoms with Gasteiger partial charge in [-0.1, -0.05) is 97.1 Å². The third kappa shape index (κ3) is 2.63. The Hall–Kier alpha value is -3.32. The summed E-state index contributed by atoms with van der Waals surface area (Å²) >= 11 is 0. The molecule has 0 aliphatic heterocycles. The first-order valence-electron chi connectivity index (χ1n) is 9.36. The Morgan fingerprint density at radius 1 is 0.593 bits per heavy atom. The molecule has 1 nitrogen and oxygen atoms in total. The van der Waals surface area contributed by atoms with Gasteiger partial charge in [0.25, 0.3) is 0 Å². The average molecular weight is 348 g/mol. The molecule has 0 heterocycles. The third-order valence-electron chi connectivity index (χ3n) is 5.57. The molecule has 0 amide bonds. The van der Waals surface area contributed by atoms with Gasteiger partial charge in [0.15, 0.2) is 0 Å². The molecule has 0 atom stereocenters. The van der Waals surface area contributed by atoms with Crippen molar-refractivity contribution in [1.82, 2.24) is 0 Å². The first-order chi connectivity index (χ1) is 13.3. The Bertz CT molecular complexity index is 1060. The summed E-state index contributed by atoms with van der Waals surface area (Å²) in [4.78, 5) is 0. The normalized spacial score (nSPS) is 12.0. The van der Waals surface area contributed by atoms with E-state index in [0.29, 0.717) is 5.75 Å². The summed E-state index contributed by atoms with van der Waals surface area (Å²) in [5, 5.41) is 11.3. The van der Waals surface area contributed by atoms with E-state index in [9.17, 15) is 5.11 Å². The zero-order chi connectivity index (χ0) is 18.2. The molecule has 1 aliphatic rings. The number of aromatic hydroxyl groups is 1. The summed E-state index contributed by atoms with van der Waals surface area (Å²) in [6.45, 7) is 0. The van der Waals surface area contributed by atoms with Gasteiger partial charge in [0.1, 0.15) is 5.75 Å². The largest absolute Gasteiger partial charge is 0.507 e. The molecule has 1 N–H and O–H groups in total. The van der Waals surface area contributed by atoms with Gasteiger partial charge in [-0.05, 0) is 27.8 Å². The third-order valence-corrected chi connectivity index (χ3v) is 5.57. The van der Waals surface area contributed by atoms with Gasteiger partial charge in [-0.2, -0.15) is 0 Å². The van der Waals surface area contributed by atoms with E-state index in [2.05, 4.69) is 84.9 Å². The number of phenolic OH excluding ortho intramolecular Hbond substituents is 1. The Morgan fingerprint density at radius 3 is 1.85 bits per heavy atom. The monoisotopic (exact) mass is 348 g/mol. The lowest BCUT2D eigenvalue weighted by Crippen LogP contribution is -2.04. The molecular weight excluding hydrogens is 328 g/mol. The van der Waals surface area contributed by atoms with Crippen molar-refractivity contribution in [3.63, 3.8) is 0 Å². The molecule has 5 rings (SSSR count). The van der Waals surface area contributed by atoms with Crippen LogP contribution in [0.4, 0.5) is 0 Å². The van der Waals surface area contributed by atoms with E-state index in [-0.39, 0.29) is 5.92 Å². The lowest BCUT2D eigenvalue weighted by atomic mass is 9.83. The van der Waals surface area contributed by atoms with Gasteiger partial charge in [-0.25, -0.2) is 0 Å². The van der Waals surface area contributed by atoms with Crippen molar-refractivity contribution in [1.29, 1.82) is 0 Å². The van der Waals surface area contributed by atoms with Crippen molar-refractivity contribution in [2.24, 2.45) is 0 Å². The van der Waals surface area contributed by atoms with Crippen LogP contribution in [0.2, 0.25) is 0 Å². The number of hydrogen-bond acceptors (Lipinski definition) is 1. The van der Waals surface area contributed by atoms with E-state index in [1.807, 2.05) is 12.1 Å². The Kier molecular flexibility index (Phi) is 3.79. The molecule has 130 valence electrons. The molecule has 4 aromatic carbocycles. The van der Waals surface area contributed by atoms with Gasteiger partial charge in [0.2, 0.25) is 0 Å². The molecule has 0 saturated carbocycles. The van der Waals surface area contributed by atoms with Gasteiger partial charge in [-0.15, -0.1) is 0 Å². The predicted molar refractivity (Wildman–Crippen MR) is 110 cm³/mol. The van der Waals surface area contributed by atoms with Crippen molar-refractivity contribution in [2.45, 2.75) is 12.3 Å². The summed E-state index contributed by atoms with van der Waals surface area (Å²) in [5.41, 5.74) is 8.08. The second-order valence-corrected chi connectivity index (χ2v) is 7.12. The lowest BCUT2D eigenvalue weighted by Gasteiger charge is -2.21. The molecule has 0 bridgehead atoms. The molecule has 0 saturated heterocycles. The SMILES string of the molecule is Oc1c(C(c2ccccc2)c2ccccc2)ccc2c1Cc1ccccc1-2. The molecule has 0 unspecified atom stereocenters. The van der Waals surface area contributed by atoms with Crippen LogP contribution >= 0.6 is 0 Å². The number of hydrogen-bond donors (Lipinski definition) is 1. The summed E-state index contributed by atoms with van der Waals surface area (Å²) in [6.07, 6.45) is 0.793. The molecule has 0 spiro atoms. The highest BCUT2D eigenvalue weighted by atomic mass is 16.3. The van der Waals surface area contributed by atoms with E-state index in [1.165, 1.54) is 22.3 Å². The van der Waals surface area contributed by atoms with Crippen LogP contribution in [0, 0.1) is 0 Å². The van der Waals surface area contributed by atoms with Crippen molar-refractivity contribution >= 4 is 0 Å². The summed E-state index contributed by atoms with van der Waals surface area (Å²) in [7, 11) is 0. The lowest BCUT2D eigenvalue weighted by molar-refractivity contribution is 0.462. The molecule has 0 radical (unpaired) electrons. The number of rotatable bonds is 3. The number of phenols is 1. The molecule has 27 heavy (non-hydrogen) atoms. The van der Waals surface area contributed by atoms with Crippen LogP contribution in [0.25, 0.3) is 11.1 Å². The maximum Gasteiger partial charge on any atom is 0.123 e. The summed E-state index contributed by atoms with van der Waals surface area (Å²) in [5.74, 6) is 0.447. The van der Waals surface area contributed by atoms with Gasteiger partial charge >= 0.3 is 0 Å². The number of benzene rings is 4. The zero-order valence-electron chi connectivity index (χ0n) is 15.0. The molecular formula is C26H20O. The van der Waals surface area contributed by atoms with E-state index < -0.39 is 0 Å². The minimum atomic E-state index is 0.0152. The van der Waals surface area contributed by atoms with Crippen molar-refractivity contribution in [3.8, 4) is 16.9 Å². The quantitative estimate of drug-likeness (QED) is 0.388. The Balaban J connectivity index is 1.69. The highest BCUT2D eigenvalue weighted by Gasteiger charge is 2.26. The topological polar surface area (TPSA) is 20.2 Å². The van der Waals surface area contributed by atoms with Crippen LogP contribution in [0.15, 0.2) is 97.1 Å². The molecule has 0 aromatic heterocycles. The second kappa shape index (κ2) is 6.44. The predicted octanol–water partition coefficient (Wildman–Crippen LogP) is 6.14. The first-order valence-corrected chi connectivity index (χ1v) is 9.36. The molecule has 4 aromatic rings. The Morgan fingerprint density at radius 2 is 1.19 bits per heavy atom. The van der Waals surface area contributed by atoms with Gasteiger partial charge in [0, 0.05) is 23.5 Å². The van der Waals surface area contributed by atoms with Crippen LogP contribution < -0.4 is 0 Å². The maximum absolute atomic E-state index is 11.3. The average Bonchev–Trinajstić information content (AvgIpc) is 3.11. The van der Waals surface area contributed by atoms with Crippen LogP contribution in [-0.4, -0.2) is 5.11 Å². The molecule has 0 fully saturated rings. The van der Waals surface area contributed by atoms with E-state index in [0.717, 1.165) is 23.1 Å². The van der Waals surface area contributed by atoms with Gasteiger partial charge in [0.05, 0.1) is 0 Å². The Labute approximate surface area is 159 Å². The van der Waals surface area contributed by atoms with Crippen LogP contribution in [0.5, 0.6) is 5.75 Å². The van der Waals surface area contributed by atoms with E-state index in [1.54, 1.807) is 0 Å². The van der Waals surface area contributed by atoms with Gasteiger partial charge in [-0.3, -0.25) is 0 Å². The number of fused-ring (bicyclic) bond motifs is 3. The van der Waals surface area contributed by atoms with Crippen molar-refractivity contribution in [2.75, 3.05) is 0 Å². The zero-order valence-corrected chi connectivity index (χ0v) is 15.0. The smallest absolute Gasteiger partial charge is 0.123 e. The first kappa shape index (κ1) is 15.9. The maximum atomic E-state index is 11.3. The molecule has 1 heteroatoms. The molecule has 1 aliphatic carbocycles. The van der Waals surface area contributed by atoms with Crippen molar-refractivity contribution < 1.29 is 5.11 Å². The highest BCUT2D eigenvalue weighted by Crippen LogP contribution is 2.46. The fraction of sp³-hybridized carbons (Fsp3) is 0.0769. The van der Waals surface area contributed by atoms with Crippen LogP contribution in [0.1, 0.15) is 33.7 Å². The fourth-order valence-corrected chi connectivity index (χ4v) is 4.29. The summed E-state index contributed by atoms with van der Waals surface area (Å²) in [6, 6.07) is 33.6. The highest BCUT2D eigenvalue weighted by molar-refractivity contribution is 5.80. The second-order valence-electron chi connectivity index (χ2n) is 7.12. The standard InChI is InChI=1S/C26H20O/c27-26-23(16-15-22-21-14-8-7-13-20(21)17-24(22)26)25(18-9-3-1-4-10-18)19-11-5-2-6-12-19/h1-16,25,27H,17H2. The summed E-state index contributed by atoms with van der Waals surface area (Å²) < 4.78 is 0.